The lowest BCUT2D eigenvalue weighted by atomic mass is 10.0. The van der Waals surface area contributed by atoms with Gasteiger partial charge in [0, 0.05) is 22.4 Å². The molecule has 1 aliphatic rings. The van der Waals surface area contributed by atoms with E-state index in [1.54, 1.807) is 18.2 Å². The van der Waals surface area contributed by atoms with Crippen LogP contribution in [0.3, 0.4) is 0 Å². The zero-order valence-electron chi connectivity index (χ0n) is 15.8. The molecular weight excluding hydrogens is 394 g/mol. The zero-order valence-corrected chi connectivity index (χ0v) is 16.6. The van der Waals surface area contributed by atoms with Crippen LogP contribution < -0.4 is 5.63 Å². The normalized spacial score (nSPS) is 12.1. The number of phenolic OH excluding ortho intramolecular Hbond substituents is 1. The van der Waals surface area contributed by atoms with Crippen molar-refractivity contribution < 1.29 is 9.52 Å². The second-order valence-electron chi connectivity index (χ2n) is 7.41. The van der Waals surface area contributed by atoms with Gasteiger partial charge >= 0.3 is 5.63 Å². The molecule has 1 N–H and O–H groups in total. The van der Waals surface area contributed by atoms with Crippen molar-refractivity contribution in [2.75, 3.05) is 0 Å². The molecule has 144 valence electrons. The van der Waals surface area contributed by atoms with Crippen molar-refractivity contribution in [1.82, 2.24) is 4.98 Å². The third kappa shape index (κ3) is 2.67. The third-order valence-electron chi connectivity index (χ3n) is 5.54. The number of benzene rings is 3. The highest BCUT2D eigenvalue weighted by Crippen LogP contribution is 2.39. The van der Waals surface area contributed by atoms with Crippen molar-refractivity contribution in [3.05, 3.63) is 93.7 Å². The summed E-state index contributed by atoms with van der Waals surface area (Å²) in [4.78, 5) is 17.2. The van der Waals surface area contributed by atoms with Crippen molar-refractivity contribution in [3.63, 3.8) is 0 Å². The van der Waals surface area contributed by atoms with Crippen LogP contribution in [0.2, 0.25) is 0 Å². The third-order valence-corrected chi connectivity index (χ3v) is 6.42. The van der Waals surface area contributed by atoms with Gasteiger partial charge in [-0.2, -0.15) is 0 Å². The Bertz CT molecular complexity index is 1510. The maximum absolute atomic E-state index is 12.5. The van der Waals surface area contributed by atoms with E-state index in [0.717, 1.165) is 23.1 Å². The topological polar surface area (TPSA) is 63.3 Å². The number of thiazole rings is 1. The van der Waals surface area contributed by atoms with E-state index in [9.17, 15) is 9.90 Å². The number of aromatic nitrogens is 1. The van der Waals surface area contributed by atoms with Gasteiger partial charge in [0.05, 0.1) is 11.3 Å². The van der Waals surface area contributed by atoms with Crippen molar-refractivity contribution in [2.24, 2.45) is 0 Å². The second kappa shape index (κ2) is 6.40. The summed E-state index contributed by atoms with van der Waals surface area (Å²) < 4.78 is 5.39. The maximum Gasteiger partial charge on any atom is 0.346 e. The fraction of sp³-hybridized carbons (Fsp3) is 0.0400. The first-order valence-electron chi connectivity index (χ1n) is 9.60. The van der Waals surface area contributed by atoms with Gasteiger partial charge in [0.2, 0.25) is 0 Å². The standard InChI is InChI=1S/C25H15NO3S/c27-18-7-5-16-11-21(25(28)29-23(16)12-18)24-26-22(13-30-24)15-6-8-20-17(10-15)9-14-3-1-2-4-19(14)20/h1-8,10-13,27H,9H2. The van der Waals surface area contributed by atoms with E-state index in [-0.39, 0.29) is 5.75 Å². The molecular formula is C25H15NO3S. The van der Waals surface area contributed by atoms with E-state index < -0.39 is 5.63 Å². The number of phenols is 1. The minimum atomic E-state index is -0.460. The van der Waals surface area contributed by atoms with Gasteiger partial charge in [-0.15, -0.1) is 11.3 Å². The molecule has 4 nitrogen and oxygen atoms in total. The maximum atomic E-state index is 12.5. The average molecular weight is 409 g/mol. The van der Waals surface area contributed by atoms with Crippen LogP contribution in [0.5, 0.6) is 5.75 Å². The molecule has 1 aliphatic carbocycles. The predicted molar refractivity (Wildman–Crippen MR) is 119 cm³/mol. The van der Waals surface area contributed by atoms with Crippen LogP contribution in [0.15, 0.2) is 81.3 Å². The lowest BCUT2D eigenvalue weighted by Crippen LogP contribution is -2.02. The van der Waals surface area contributed by atoms with E-state index in [2.05, 4.69) is 42.5 Å². The Morgan fingerprint density at radius 1 is 0.900 bits per heavy atom. The summed E-state index contributed by atoms with van der Waals surface area (Å²) in [6.45, 7) is 0. The number of rotatable bonds is 2. The monoisotopic (exact) mass is 409 g/mol. The summed E-state index contributed by atoms with van der Waals surface area (Å²) in [5.74, 6) is 0.0636. The summed E-state index contributed by atoms with van der Waals surface area (Å²) in [5.41, 5.74) is 7.45. The Balaban J connectivity index is 1.40. The van der Waals surface area contributed by atoms with Crippen LogP contribution in [0.4, 0.5) is 0 Å². The first-order chi connectivity index (χ1) is 14.7. The average Bonchev–Trinajstić information content (AvgIpc) is 3.37. The predicted octanol–water partition coefficient (Wildman–Crippen LogP) is 5.86. The molecule has 0 unspecified atom stereocenters. The molecule has 0 atom stereocenters. The molecule has 5 heteroatoms. The zero-order chi connectivity index (χ0) is 20.2. The van der Waals surface area contributed by atoms with Crippen molar-refractivity contribution in [2.45, 2.75) is 6.42 Å². The minimum Gasteiger partial charge on any atom is -0.508 e. The number of aromatic hydroxyl groups is 1. The molecule has 0 radical (unpaired) electrons. The van der Waals surface area contributed by atoms with Crippen LogP contribution in [-0.4, -0.2) is 10.1 Å². The Kier molecular flexibility index (Phi) is 3.67. The van der Waals surface area contributed by atoms with Crippen molar-refractivity contribution in [1.29, 1.82) is 0 Å². The molecule has 2 heterocycles. The molecule has 2 aromatic heterocycles. The Morgan fingerprint density at radius 2 is 1.77 bits per heavy atom. The smallest absolute Gasteiger partial charge is 0.346 e. The largest absolute Gasteiger partial charge is 0.508 e. The van der Waals surface area contributed by atoms with E-state index in [1.165, 1.54) is 39.7 Å². The van der Waals surface area contributed by atoms with Gasteiger partial charge in [-0.3, -0.25) is 0 Å². The number of fused-ring (bicyclic) bond motifs is 4. The second-order valence-corrected chi connectivity index (χ2v) is 8.27. The van der Waals surface area contributed by atoms with Crippen molar-refractivity contribution in [3.8, 4) is 38.7 Å². The molecule has 0 aliphatic heterocycles. The van der Waals surface area contributed by atoms with Gasteiger partial charge in [-0.25, -0.2) is 9.78 Å². The molecule has 0 bridgehead atoms. The van der Waals surface area contributed by atoms with Gasteiger partial charge in [0.15, 0.2) is 0 Å². The van der Waals surface area contributed by atoms with Gasteiger partial charge in [0.25, 0.3) is 0 Å². The van der Waals surface area contributed by atoms with Gasteiger partial charge < -0.3 is 9.52 Å². The SMILES string of the molecule is O=c1oc2cc(O)ccc2cc1-c1nc(-c2ccc3c(c2)Cc2ccccc2-3)cs1. The van der Waals surface area contributed by atoms with E-state index in [4.69, 9.17) is 9.40 Å². The Hall–Kier alpha value is -3.70. The molecule has 30 heavy (non-hydrogen) atoms. The highest BCUT2D eigenvalue weighted by molar-refractivity contribution is 7.13. The number of nitrogens with zero attached hydrogens (tertiary/aromatic N) is 1. The first kappa shape index (κ1) is 17.2. The fourth-order valence-corrected chi connectivity index (χ4v) is 4.92. The first-order valence-corrected chi connectivity index (χ1v) is 10.5. The van der Waals surface area contributed by atoms with E-state index >= 15 is 0 Å². The van der Waals surface area contributed by atoms with Crippen LogP contribution >= 0.6 is 11.3 Å². The molecule has 0 saturated heterocycles. The molecule has 0 amide bonds. The van der Waals surface area contributed by atoms with Gasteiger partial charge in [-0.1, -0.05) is 36.4 Å². The highest BCUT2D eigenvalue weighted by Gasteiger charge is 2.19. The van der Waals surface area contributed by atoms with Crippen LogP contribution in [0, 0.1) is 0 Å². The summed E-state index contributed by atoms with van der Waals surface area (Å²) >= 11 is 1.42. The molecule has 0 saturated carbocycles. The van der Waals surface area contributed by atoms with E-state index in [0.29, 0.717) is 16.2 Å². The van der Waals surface area contributed by atoms with Gasteiger partial charge in [0.1, 0.15) is 16.3 Å². The minimum absolute atomic E-state index is 0.0636. The lowest BCUT2D eigenvalue weighted by Gasteiger charge is -2.03. The van der Waals surface area contributed by atoms with Crippen LogP contribution in [0.25, 0.3) is 43.9 Å². The van der Waals surface area contributed by atoms with E-state index in [1.807, 2.05) is 5.38 Å². The summed E-state index contributed by atoms with van der Waals surface area (Å²) in [6.07, 6.45) is 0.928. The van der Waals surface area contributed by atoms with Crippen LogP contribution in [0.1, 0.15) is 11.1 Å². The molecule has 0 spiro atoms. The summed E-state index contributed by atoms with van der Waals surface area (Å²) in [7, 11) is 0. The molecule has 5 aromatic rings. The van der Waals surface area contributed by atoms with Crippen molar-refractivity contribution >= 4 is 22.3 Å². The number of hydrogen-bond donors (Lipinski definition) is 1. The van der Waals surface area contributed by atoms with Crippen LogP contribution in [-0.2, 0) is 6.42 Å². The summed E-state index contributed by atoms with van der Waals surface area (Å²) in [5, 5.41) is 12.9. The van der Waals surface area contributed by atoms with Gasteiger partial charge in [-0.05, 0) is 52.9 Å². The fourth-order valence-electron chi connectivity index (χ4n) is 4.08. The Labute approximate surface area is 175 Å². The lowest BCUT2D eigenvalue weighted by molar-refractivity contribution is 0.473. The quantitative estimate of drug-likeness (QED) is 0.364. The molecule has 6 rings (SSSR count). The highest BCUT2D eigenvalue weighted by atomic mass is 32.1. The Morgan fingerprint density at radius 3 is 2.70 bits per heavy atom. The molecule has 3 aromatic carbocycles. The number of hydrogen-bond acceptors (Lipinski definition) is 5. The molecule has 0 fully saturated rings. The summed E-state index contributed by atoms with van der Waals surface area (Å²) in [6, 6.07) is 21.4.